The van der Waals surface area contributed by atoms with Crippen molar-refractivity contribution in [2.75, 3.05) is 20.8 Å². The van der Waals surface area contributed by atoms with Gasteiger partial charge in [0, 0.05) is 39.4 Å². The van der Waals surface area contributed by atoms with Gasteiger partial charge in [-0.15, -0.1) is 0 Å². The Morgan fingerprint density at radius 3 is 2.29 bits per heavy atom. The lowest BCUT2D eigenvalue weighted by Crippen LogP contribution is -2.42. The molecule has 1 aromatic carbocycles. The van der Waals surface area contributed by atoms with Crippen molar-refractivity contribution in [3.63, 3.8) is 0 Å². The van der Waals surface area contributed by atoms with Crippen LogP contribution in [0.5, 0.6) is 11.5 Å². The van der Waals surface area contributed by atoms with Crippen molar-refractivity contribution in [1.82, 2.24) is 14.0 Å². The molecule has 0 amide bonds. The highest BCUT2D eigenvalue weighted by atomic mass is 16.5. The number of hydrogen-bond donors (Lipinski definition) is 1. The molecule has 1 atom stereocenters. The predicted molar refractivity (Wildman–Crippen MR) is 107 cm³/mol. The van der Waals surface area contributed by atoms with Gasteiger partial charge in [-0.2, -0.15) is 0 Å². The van der Waals surface area contributed by atoms with Crippen LogP contribution in [-0.2, 0) is 27.2 Å². The number of benzene rings is 1. The fourth-order valence-corrected chi connectivity index (χ4v) is 3.22. The normalized spacial score (nSPS) is 12.3. The van der Waals surface area contributed by atoms with Crippen LogP contribution >= 0.6 is 0 Å². The largest absolute Gasteiger partial charge is 0.493 e. The molecule has 0 fully saturated rings. The maximum Gasteiger partial charge on any atom is 0.330 e. The lowest BCUT2D eigenvalue weighted by molar-refractivity contribution is 0.117. The topological polar surface area (TPSA) is 85.9 Å². The van der Waals surface area contributed by atoms with E-state index in [9.17, 15) is 14.7 Å². The van der Waals surface area contributed by atoms with Gasteiger partial charge in [0.25, 0.3) is 5.56 Å². The van der Waals surface area contributed by atoms with Crippen molar-refractivity contribution in [2.45, 2.75) is 33.0 Å². The van der Waals surface area contributed by atoms with Gasteiger partial charge in [-0.05, 0) is 31.5 Å². The highest BCUT2D eigenvalue weighted by molar-refractivity contribution is 5.42. The van der Waals surface area contributed by atoms with E-state index in [2.05, 4.69) is 0 Å². The van der Waals surface area contributed by atoms with E-state index >= 15 is 0 Å². The van der Waals surface area contributed by atoms with Gasteiger partial charge < -0.3 is 19.1 Å². The van der Waals surface area contributed by atoms with E-state index < -0.39 is 6.10 Å². The molecule has 8 heteroatoms. The smallest absolute Gasteiger partial charge is 0.330 e. The summed E-state index contributed by atoms with van der Waals surface area (Å²) >= 11 is 0. The monoisotopic (exact) mass is 391 g/mol. The number of aromatic nitrogens is 2. The van der Waals surface area contributed by atoms with Crippen molar-refractivity contribution >= 4 is 0 Å². The predicted octanol–water partition coefficient (Wildman–Crippen LogP) is 0.793. The molecule has 28 heavy (non-hydrogen) atoms. The van der Waals surface area contributed by atoms with Crippen molar-refractivity contribution < 1.29 is 14.6 Å². The summed E-state index contributed by atoms with van der Waals surface area (Å²) in [6.07, 6.45) is -0.572. The van der Waals surface area contributed by atoms with Crippen molar-refractivity contribution in [2.24, 2.45) is 14.1 Å². The molecule has 0 aliphatic rings. The number of hydrogen-bond acceptors (Lipinski definition) is 6. The number of nitrogens with zero attached hydrogens (tertiary/aromatic N) is 3. The number of aliphatic hydroxyl groups excluding tert-OH is 1. The number of methoxy groups -OCH3 is 2. The molecule has 0 aliphatic carbocycles. The molecular weight excluding hydrogens is 362 g/mol. The first-order chi connectivity index (χ1) is 13.2. The maximum atomic E-state index is 12.6. The average Bonchev–Trinajstić information content (AvgIpc) is 2.67. The van der Waals surface area contributed by atoms with Gasteiger partial charge in [-0.3, -0.25) is 14.3 Å². The van der Waals surface area contributed by atoms with E-state index in [-0.39, 0.29) is 11.2 Å². The Labute approximate surface area is 164 Å². The van der Waals surface area contributed by atoms with Gasteiger partial charge in [0.1, 0.15) is 0 Å². The molecule has 0 saturated carbocycles. The Balaban J connectivity index is 2.39. The number of ether oxygens (including phenoxy) is 2. The van der Waals surface area contributed by atoms with E-state index in [0.29, 0.717) is 42.4 Å². The van der Waals surface area contributed by atoms with E-state index in [1.54, 1.807) is 35.1 Å². The molecule has 2 aromatic rings. The zero-order valence-corrected chi connectivity index (χ0v) is 17.4. The van der Waals surface area contributed by atoms with Gasteiger partial charge in [0.05, 0.1) is 25.9 Å². The molecule has 1 heterocycles. The second kappa shape index (κ2) is 9.07. The van der Waals surface area contributed by atoms with Crippen molar-refractivity contribution in [3.05, 3.63) is 55.9 Å². The summed E-state index contributed by atoms with van der Waals surface area (Å²) in [5.41, 5.74) is 1.44. The molecule has 1 N–H and O–H groups in total. The van der Waals surface area contributed by atoms with Crippen molar-refractivity contribution in [1.29, 1.82) is 0 Å². The first-order valence-electron chi connectivity index (χ1n) is 9.06. The molecule has 0 aliphatic heterocycles. The van der Waals surface area contributed by atoms with Gasteiger partial charge in [-0.1, -0.05) is 6.07 Å². The average molecular weight is 391 g/mol. The molecule has 0 spiro atoms. The molecule has 0 bridgehead atoms. The third kappa shape index (κ3) is 4.63. The van der Waals surface area contributed by atoms with E-state index in [1.165, 1.54) is 11.6 Å². The summed E-state index contributed by atoms with van der Waals surface area (Å²) in [5, 5.41) is 9.93. The van der Waals surface area contributed by atoms with Crippen LogP contribution in [0, 0.1) is 6.92 Å². The van der Waals surface area contributed by atoms with E-state index in [1.807, 2.05) is 23.1 Å². The second-order valence-corrected chi connectivity index (χ2v) is 6.98. The van der Waals surface area contributed by atoms with Crippen LogP contribution in [0.1, 0.15) is 23.7 Å². The van der Waals surface area contributed by atoms with Gasteiger partial charge >= 0.3 is 5.69 Å². The minimum atomic E-state index is -0.572. The highest BCUT2D eigenvalue weighted by Gasteiger charge is 2.18. The first kappa shape index (κ1) is 21.7. The Kier molecular flexibility index (Phi) is 7.04. The van der Waals surface area contributed by atoms with Gasteiger partial charge in [-0.25, -0.2) is 4.79 Å². The van der Waals surface area contributed by atoms with Gasteiger partial charge in [0.15, 0.2) is 11.5 Å². The number of rotatable bonds is 8. The molecule has 1 unspecified atom stereocenters. The summed E-state index contributed by atoms with van der Waals surface area (Å²) in [6, 6.07) is 5.62. The Morgan fingerprint density at radius 1 is 1.07 bits per heavy atom. The lowest BCUT2D eigenvalue weighted by Gasteiger charge is -2.25. The summed E-state index contributed by atoms with van der Waals surface area (Å²) < 4.78 is 13.2. The fourth-order valence-electron chi connectivity index (χ4n) is 3.22. The lowest BCUT2D eigenvalue weighted by atomic mass is 10.1. The minimum Gasteiger partial charge on any atom is -0.493 e. The molecule has 2 rings (SSSR count). The van der Waals surface area contributed by atoms with Crippen LogP contribution in [0.4, 0.5) is 0 Å². The Bertz CT molecular complexity index is 946. The Hall–Kier alpha value is -2.58. The standard InChI is InChI=1S/C20H29N3O5/c1-13(24)10-23(11-15-7-8-17(27-5)18(9-15)28-6)12-16-14(2)21(3)20(26)22(4)19(16)25/h7-9,13,24H,10-12H2,1-6H3. The highest BCUT2D eigenvalue weighted by Crippen LogP contribution is 2.28. The fraction of sp³-hybridized carbons (Fsp3) is 0.500. The summed E-state index contributed by atoms with van der Waals surface area (Å²) in [7, 11) is 6.27. The maximum absolute atomic E-state index is 12.6. The Morgan fingerprint density at radius 2 is 1.71 bits per heavy atom. The molecule has 0 radical (unpaired) electrons. The van der Waals surface area contributed by atoms with Crippen LogP contribution in [0.3, 0.4) is 0 Å². The second-order valence-electron chi connectivity index (χ2n) is 6.98. The zero-order chi connectivity index (χ0) is 21.0. The summed E-state index contributed by atoms with van der Waals surface area (Å²) in [5.74, 6) is 1.25. The van der Waals surface area contributed by atoms with Crippen LogP contribution in [0.25, 0.3) is 0 Å². The molecule has 8 nitrogen and oxygen atoms in total. The van der Waals surface area contributed by atoms with Gasteiger partial charge in [0.2, 0.25) is 0 Å². The molecule has 0 saturated heterocycles. The molecular formula is C20H29N3O5. The SMILES string of the molecule is COc1ccc(CN(Cc2c(C)n(C)c(=O)n(C)c2=O)CC(C)O)cc1OC. The third-order valence-corrected chi connectivity index (χ3v) is 4.83. The van der Waals surface area contributed by atoms with Crippen LogP contribution in [0.15, 0.2) is 27.8 Å². The number of aliphatic hydroxyl groups is 1. The van der Waals surface area contributed by atoms with Crippen molar-refractivity contribution in [3.8, 4) is 11.5 Å². The van der Waals surface area contributed by atoms with E-state index in [4.69, 9.17) is 9.47 Å². The summed E-state index contributed by atoms with van der Waals surface area (Å²) in [4.78, 5) is 26.7. The van der Waals surface area contributed by atoms with Crippen LogP contribution in [-0.4, -0.2) is 46.0 Å². The first-order valence-corrected chi connectivity index (χ1v) is 9.06. The summed E-state index contributed by atoms with van der Waals surface area (Å²) in [6.45, 7) is 4.64. The third-order valence-electron chi connectivity index (χ3n) is 4.83. The van der Waals surface area contributed by atoms with E-state index in [0.717, 1.165) is 10.1 Å². The molecule has 154 valence electrons. The quantitative estimate of drug-likeness (QED) is 0.716. The molecule has 1 aromatic heterocycles. The van der Waals surface area contributed by atoms with Crippen LogP contribution < -0.4 is 20.7 Å². The zero-order valence-electron chi connectivity index (χ0n) is 17.4. The minimum absolute atomic E-state index is 0.311. The van der Waals surface area contributed by atoms with Crippen LogP contribution in [0.2, 0.25) is 0 Å².